The Bertz CT molecular complexity index is 1380. The van der Waals surface area contributed by atoms with E-state index >= 15 is 0 Å². The molecule has 10 aliphatic rings. The molecule has 12 nitrogen and oxygen atoms in total. The Morgan fingerprint density at radius 3 is 1.98 bits per heavy atom. The second-order valence-electron chi connectivity index (χ2n) is 17.1. The highest BCUT2D eigenvalue weighted by atomic mass is 19.4. The molecular formula is C36H53F3O12. The summed E-state index contributed by atoms with van der Waals surface area (Å²) >= 11 is 0. The van der Waals surface area contributed by atoms with Gasteiger partial charge in [0.05, 0.1) is 19.8 Å². The topological polar surface area (TPSA) is 133 Å². The molecule has 16 atom stereocenters. The molecule has 4 bridgehead atoms. The first-order valence-corrected chi connectivity index (χ1v) is 18.8. The van der Waals surface area contributed by atoms with Gasteiger partial charge in [-0.3, -0.25) is 0 Å². The number of aliphatic hydroxyl groups is 2. The van der Waals surface area contributed by atoms with Gasteiger partial charge in [-0.05, 0) is 77.0 Å². The van der Waals surface area contributed by atoms with Crippen molar-refractivity contribution in [2.45, 2.75) is 152 Å². The first-order chi connectivity index (χ1) is 23.9. The zero-order valence-electron chi connectivity index (χ0n) is 30.2. The van der Waals surface area contributed by atoms with Crippen LogP contribution in [0.15, 0.2) is 11.3 Å². The van der Waals surface area contributed by atoms with Crippen LogP contribution < -0.4 is 0 Å². The zero-order chi connectivity index (χ0) is 36.4. The van der Waals surface area contributed by atoms with Crippen molar-refractivity contribution in [3.8, 4) is 0 Å². The van der Waals surface area contributed by atoms with Crippen LogP contribution in [-0.2, 0) is 48.0 Å². The largest absolute Gasteiger partial charge is 0.456 e. The lowest BCUT2D eigenvalue weighted by molar-refractivity contribution is -0.586. The fourth-order valence-corrected chi connectivity index (χ4v) is 10.9. The van der Waals surface area contributed by atoms with Gasteiger partial charge < -0.3 is 38.6 Å². The van der Waals surface area contributed by atoms with Gasteiger partial charge in [0.15, 0.2) is 23.3 Å². The molecule has 8 aliphatic heterocycles. The Balaban J connectivity index is 0.942. The Morgan fingerprint density at radius 2 is 1.31 bits per heavy atom. The molecule has 0 radical (unpaired) electrons. The van der Waals surface area contributed by atoms with Gasteiger partial charge in [0.1, 0.15) is 12.2 Å². The molecule has 10 rings (SSSR count). The van der Waals surface area contributed by atoms with E-state index in [0.717, 1.165) is 19.3 Å². The van der Waals surface area contributed by atoms with E-state index in [1.54, 1.807) is 13.8 Å². The van der Waals surface area contributed by atoms with E-state index in [2.05, 4.69) is 13.8 Å². The number of allylic oxidation sites excluding steroid dienone is 1. The van der Waals surface area contributed by atoms with Gasteiger partial charge in [0.2, 0.25) is 23.6 Å². The number of fused-ring (bicyclic) bond motifs is 4. The van der Waals surface area contributed by atoms with Gasteiger partial charge in [-0.15, -0.1) is 0 Å². The van der Waals surface area contributed by atoms with Crippen molar-refractivity contribution in [1.29, 1.82) is 0 Å². The van der Waals surface area contributed by atoms with Crippen molar-refractivity contribution >= 4 is 0 Å². The van der Waals surface area contributed by atoms with E-state index < -0.39 is 84.4 Å². The molecule has 2 spiro atoms. The number of halogens is 3. The third-order valence-corrected chi connectivity index (χ3v) is 14.0. The molecule has 0 aromatic heterocycles. The molecule has 0 aromatic carbocycles. The summed E-state index contributed by atoms with van der Waals surface area (Å²) in [5.41, 5.74) is -2.18. The predicted octanol–water partition coefficient (Wildman–Crippen LogP) is 5.40. The quantitative estimate of drug-likeness (QED) is 0.310. The van der Waals surface area contributed by atoms with Crippen LogP contribution in [0.2, 0.25) is 0 Å². The lowest BCUT2D eigenvalue weighted by atomic mass is 9.57. The average molecular weight is 735 g/mol. The molecule has 9 fully saturated rings. The number of hydrogen-bond acceptors (Lipinski definition) is 12. The average Bonchev–Trinajstić information content (AvgIpc) is 3.44. The predicted molar refractivity (Wildman–Crippen MR) is 167 cm³/mol. The molecular weight excluding hydrogens is 681 g/mol. The second kappa shape index (κ2) is 12.5. The highest BCUT2D eigenvalue weighted by molar-refractivity contribution is 5.28. The Hall–Kier alpha value is -1.11. The van der Waals surface area contributed by atoms with Crippen molar-refractivity contribution in [3.63, 3.8) is 0 Å². The van der Waals surface area contributed by atoms with Crippen LogP contribution in [-0.4, -0.2) is 89.6 Å². The third kappa shape index (κ3) is 5.65. The summed E-state index contributed by atoms with van der Waals surface area (Å²) in [5.74, 6) is -4.97. The van der Waals surface area contributed by atoms with Crippen LogP contribution in [0.1, 0.15) is 92.9 Å². The smallest absolute Gasteiger partial charge is 0.449 e. The lowest BCUT2D eigenvalue weighted by Crippen LogP contribution is -2.73. The highest BCUT2D eigenvalue weighted by Gasteiger charge is 2.72. The molecule has 51 heavy (non-hydrogen) atoms. The van der Waals surface area contributed by atoms with Crippen LogP contribution in [0.25, 0.3) is 0 Å². The molecule has 7 saturated heterocycles. The maximum absolute atomic E-state index is 14.5. The molecule has 2 saturated carbocycles. The summed E-state index contributed by atoms with van der Waals surface area (Å²) in [6.07, 6.45) is -4.21. The minimum atomic E-state index is -4.82. The minimum Gasteiger partial charge on any atom is -0.456 e. The molecule has 290 valence electrons. The van der Waals surface area contributed by atoms with E-state index in [0.29, 0.717) is 38.0 Å². The van der Waals surface area contributed by atoms with Gasteiger partial charge in [-0.25, -0.2) is 19.6 Å². The molecule has 2 aliphatic carbocycles. The maximum atomic E-state index is 14.5. The number of alkyl halides is 3. The first kappa shape index (κ1) is 36.8. The molecule has 2 unspecified atom stereocenters. The Morgan fingerprint density at radius 1 is 0.725 bits per heavy atom. The fourth-order valence-electron chi connectivity index (χ4n) is 10.9. The van der Waals surface area contributed by atoms with Crippen LogP contribution in [0.5, 0.6) is 0 Å². The van der Waals surface area contributed by atoms with E-state index in [1.807, 2.05) is 13.8 Å². The van der Waals surface area contributed by atoms with Gasteiger partial charge >= 0.3 is 6.18 Å². The number of ether oxygens (including phenoxy) is 6. The summed E-state index contributed by atoms with van der Waals surface area (Å²) < 4.78 is 80.3. The van der Waals surface area contributed by atoms with Crippen molar-refractivity contribution in [3.05, 3.63) is 11.3 Å². The van der Waals surface area contributed by atoms with Crippen molar-refractivity contribution < 1.29 is 71.4 Å². The van der Waals surface area contributed by atoms with Crippen molar-refractivity contribution in [1.82, 2.24) is 0 Å². The summed E-state index contributed by atoms with van der Waals surface area (Å²) in [5, 5.41) is 22.0. The number of hydrogen-bond donors (Lipinski definition) is 2. The van der Waals surface area contributed by atoms with Gasteiger partial charge in [0.25, 0.3) is 0 Å². The Labute approximate surface area is 296 Å². The van der Waals surface area contributed by atoms with Gasteiger partial charge in [0, 0.05) is 42.1 Å². The second-order valence-corrected chi connectivity index (χ2v) is 17.1. The molecule has 0 amide bonds. The maximum Gasteiger partial charge on any atom is 0.449 e. The minimum absolute atomic E-state index is 0.0168. The molecule has 0 aromatic rings. The first-order valence-electron chi connectivity index (χ1n) is 18.8. The van der Waals surface area contributed by atoms with Crippen LogP contribution in [0.4, 0.5) is 13.2 Å². The van der Waals surface area contributed by atoms with Gasteiger partial charge in [-0.1, -0.05) is 20.8 Å². The number of aliphatic hydroxyl groups excluding tert-OH is 2. The molecule has 8 heterocycles. The monoisotopic (exact) mass is 734 g/mol. The highest BCUT2D eigenvalue weighted by Crippen LogP contribution is 2.63. The molecule has 2 N–H and O–H groups in total. The summed E-state index contributed by atoms with van der Waals surface area (Å²) in [7, 11) is 0. The normalized spacial score (nSPS) is 51.5. The summed E-state index contributed by atoms with van der Waals surface area (Å²) in [4.78, 5) is 23.8. The number of rotatable bonds is 8. The van der Waals surface area contributed by atoms with E-state index in [4.69, 9.17) is 48.0 Å². The standard InChI is InChI=1S/C36H53F3O12/c1-18-7-9-24-20(3)33(6,47-30-34(24)22(18)11-14-32(5,46-30)49-50-34)43-17-27(41)26(40)16-42-15-21-25-10-8-19(2)23-12-13-31(4)45-29(35(23,25)51-48-31)44-28(21)36(37,38)39/h18-20,22-27,29-30,40-41H,7-17H2,1-6H3/t18-,19-,20-,22?,23?,24+,25+,26+,27+,29-,30+,31+,32+,33+,34-,35-/m1/s1. The summed E-state index contributed by atoms with van der Waals surface area (Å²) in [6.45, 7) is 10.3. The van der Waals surface area contributed by atoms with Crippen LogP contribution >= 0.6 is 0 Å². The van der Waals surface area contributed by atoms with E-state index in [-0.39, 0.29) is 41.8 Å². The Kier molecular flexibility index (Phi) is 9.00. The third-order valence-electron chi connectivity index (χ3n) is 14.0. The van der Waals surface area contributed by atoms with Crippen LogP contribution in [0.3, 0.4) is 0 Å². The van der Waals surface area contributed by atoms with E-state index in [9.17, 15) is 23.4 Å². The molecule has 15 heteroatoms. The van der Waals surface area contributed by atoms with Crippen molar-refractivity contribution in [2.75, 3.05) is 19.8 Å². The van der Waals surface area contributed by atoms with Crippen LogP contribution in [0, 0.1) is 41.4 Å². The van der Waals surface area contributed by atoms with Gasteiger partial charge in [-0.2, -0.15) is 13.2 Å². The lowest BCUT2D eigenvalue weighted by Gasteiger charge is -2.62. The van der Waals surface area contributed by atoms with E-state index in [1.165, 1.54) is 0 Å². The summed E-state index contributed by atoms with van der Waals surface area (Å²) in [6, 6.07) is 0. The fraction of sp³-hybridized carbons (Fsp3) is 0.944. The van der Waals surface area contributed by atoms with Crippen molar-refractivity contribution in [2.24, 2.45) is 41.4 Å². The SMILES string of the molecule is C[C@@H]1CC[C@H]2C(COC[C@H](O)[C@@H](O)CO[C@@]3(C)O[C@@H]4O[C@]5(C)CCC6[C@H](C)CC[C@@H]([C@H]3C)[C@]64OO5)=C(C(F)(F)F)O[C@@H]3O[C@]4(C)CCC1[C@]32OO4. The zero-order valence-corrected chi connectivity index (χ0v) is 30.2.